The summed E-state index contributed by atoms with van der Waals surface area (Å²) in [6.45, 7) is 0.351. The van der Waals surface area contributed by atoms with E-state index in [1.54, 1.807) is 6.07 Å². The Balaban J connectivity index is 2.51. The van der Waals surface area contributed by atoms with Crippen molar-refractivity contribution in [2.24, 2.45) is 0 Å². The van der Waals surface area contributed by atoms with Crippen molar-refractivity contribution in [2.45, 2.75) is 12.8 Å². The van der Waals surface area contributed by atoms with E-state index in [1.807, 2.05) is 0 Å². The molecular weight excluding hydrogens is 274 g/mol. The summed E-state index contributed by atoms with van der Waals surface area (Å²) in [5, 5.41) is 31.7. The summed E-state index contributed by atoms with van der Waals surface area (Å²) >= 11 is 0. The lowest BCUT2D eigenvalue weighted by atomic mass is 10.2. The number of aliphatic carboxylic acids is 1. The van der Waals surface area contributed by atoms with Gasteiger partial charge >= 0.3 is 5.97 Å². The first-order valence-corrected chi connectivity index (χ1v) is 6.18. The molecule has 0 aliphatic heterocycles. The molecule has 4 N–H and O–H groups in total. The Hall–Kier alpha value is -3.01. The van der Waals surface area contributed by atoms with Crippen molar-refractivity contribution >= 4 is 17.6 Å². The average molecular weight is 289 g/mol. The summed E-state index contributed by atoms with van der Waals surface area (Å²) in [5.74, 6) is -1.41. The largest absolute Gasteiger partial charge is 0.508 e. The number of phenols is 1. The number of carboxylic acid groups (broad SMARTS) is 1. The van der Waals surface area contributed by atoms with Crippen molar-refractivity contribution in [2.75, 3.05) is 11.9 Å². The van der Waals surface area contributed by atoms with Gasteiger partial charge in [0, 0.05) is 24.9 Å². The van der Waals surface area contributed by atoms with Crippen LogP contribution >= 0.6 is 0 Å². The number of aromatic hydroxyl groups is 1. The number of amides is 1. The molecule has 0 spiro atoms. The van der Waals surface area contributed by atoms with Gasteiger partial charge in [-0.25, -0.2) is 0 Å². The van der Waals surface area contributed by atoms with Gasteiger partial charge in [0.25, 0.3) is 5.91 Å². The van der Waals surface area contributed by atoms with E-state index >= 15 is 0 Å². The molecule has 0 unspecified atom stereocenters. The maximum atomic E-state index is 11.8. The van der Waals surface area contributed by atoms with E-state index in [2.05, 4.69) is 10.6 Å². The minimum absolute atomic E-state index is 0.0163. The minimum Gasteiger partial charge on any atom is -0.508 e. The molecule has 0 radical (unpaired) electrons. The molecule has 1 rings (SSSR count). The fourth-order valence-electron chi connectivity index (χ4n) is 1.41. The third-order valence-electron chi connectivity index (χ3n) is 2.45. The predicted octanol–water partition coefficient (Wildman–Crippen LogP) is 1.19. The third kappa shape index (κ3) is 6.11. The normalized spacial score (nSPS) is 10.5. The van der Waals surface area contributed by atoms with Gasteiger partial charge in [-0.15, -0.1) is 0 Å². The molecular formula is C14H15N3O4. The smallest absolute Gasteiger partial charge is 0.303 e. The molecule has 0 bridgehead atoms. The fourth-order valence-corrected chi connectivity index (χ4v) is 1.41. The van der Waals surface area contributed by atoms with E-state index in [0.717, 1.165) is 0 Å². The van der Waals surface area contributed by atoms with E-state index in [1.165, 1.54) is 30.5 Å². The zero-order valence-corrected chi connectivity index (χ0v) is 11.2. The van der Waals surface area contributed by atoms with E-state index in [0.29, 0.717) is 18.7 Å². The van der Waals surface area contributed by atoms with Crippen LogP contribution in [0.4, 0.5) is 5.69 Å². The van der Waals surface area contributed by atoms with Gasteiger partial charge in [-0.1, -0.05) is 0 Å². The van der Waals surface area contributed by atoms with Gasteiger partial charge in [0.1, 0.15) is 17.4 Å². The van der Waals surface area contributed by atoms with Crippen molar-refractivity contribution in [3.63, 3.8) is 0 Å². The van der Waals surface area contributed by atoms with Crippen LogP contribution in [0.2, 0.25) is 0 Å². The van der Waals surface area contributed by atoms with E-state index in [4.69, 9.17) is 15.5 Å². The SMILES string of the molecule is N#C/C(=C/NCCCC(=O)O)C(=O)Nc1ccc(O)cc1. The number of nitrogens with one attached hydrogen (secondary N) is 2. The predicted molar refractivity (Wildman–Crippen MR) is 75.3 cm³/mol. The molecule has 0 saturated carbocycles. The van der Waals surface area contributed by atoms with Crippen LogP contribution in [0.1, 0.15) is 12.8 Å². The van der Waals surface area contributed by atoms with Crippen LogP contribution in [0.3, 0.4) is 0 Å². The minimum atomic E-state index is -0.897. The molecule has 21 heavy (non-hydrogen) atoms. The van der Waals surface area contributed by atoms with Crippen LogP contribution in [-0.4, -0.2) is 28.6 Å². The Morgan fingerprint density at radius 1 is 1.29 bits per heavy atom. The molecule has 0 saturated heterocycles. The van der Waals surface area contributed by atoms with Crippen LogP contribution in [0.25, 0.3) is 0 Å². The number of nitrogens with zero attached hydrogens (tertiary/aromatic N) is 1. The molecule has 7 nitrogen and oxygen atoms in total. The zero-order valence-electron chi connectivity index (χ0n) is 11.2. The lowest BCUT2D eigenvalue weighted by Crippen LogP contribution is -2.17. The summed E-state index contributed by atoms with van der Waals surface area (Å²) in [7, 11) is 0. The summed E-state index contributed by atoms with van der Waals surface area (Å²) in [4.78, 5) is 22.1. The van der Waals surface area contributed by atoms with Gasteiger partial charge in [-0.2, -0.15) is 5.26 Å². The number of phenolic OH excluding ortho intramolecular Hbond substituents is 1. The number of anilines is 1. The van der Waals surface area contributed by atoms with Gasteiger partial charge in [-0.05, 0) is 30.7 Å². The summed E-state index contributed by atoms with van der Waals surface area (Å²) in [6.07, 6.45) is 1.66. The highest BCUT2D eigenvalue weighted by Crippen LogP contribution is 2.14. The molecule has 110 valence electrons. The highest BCUT2D eigenvalue weighted by atomic mass is 16.4. The molecule has 0 atom stereocenters. The first kappa shape index (κ1) is 16.0. The number of nitriles is 1. The van der Waals surface area contributed by atoms with Crippen LogP contribution in [0, 0.1) is 11.3 Å². The Kier molecular flexibility index (Phi) is 6.28. The molecule has 0 fully saturated rings. The Labute approximate surface area is 121 Å². The fraction of sp³-hybridized carbons (Fsp3) is 0.214. The number of hydrogen-bond donors (Lipinski definition) is 4. The molecule has 7 heteroatoms. The number of carbonyl (C=O) groups is 2. The second kappa shape index (κ2) is 8.22. The van der Waals surface area contributed by atoms with Crippen LogP contribution < -0.4 is 10.6 Å². The quantitative estimate of drug-likeness (QED) is 0.259. The Bertz CT molecular complexity index is 573. The molecule has 1 aromatic rings. The number of benzene rings is 1. The lowest BCUT2D eigenvalue weighted by molar-refractivity contribution is -0.137. The molecule has 0 heterocycles. The average Bonchev–Trinajstić information content (AvgIpc) is 2.45. The second-order valence-corrected chi connectivity index (χ2v) is 4.12. The number of carbonyl (C=O) groups excluding carboxylic acids is 1. The van der Waals surface area contributed by atoms with Crippen LogP contribution in [0.5, 0.6) is 5.75 Å². The summed E-state index contributed by atoms with van der Waals surface area (Å²) < 4.78 is 0. The summed E-state index contributed by atoms with van der Waals surface area (Å²) in [5.41, 5.74) is 0.322. The van der Waals surface area contributed by atoms with Gasteiger partial charge in [0.2, 0.25) is 0 Å². The van der Waals surface area contributed by atoms with Crippen molar-refractivity contribution in [1.82, 2.24) is 5.32 Å². The van der Waals surface area contributed by atoms with Crippen LogP contribution in [-0.2, 0) is 9.59 Å². The van der Waals surface area contributed by atoms with E-state index < -0.39 is 11.9 Å². The van der Waals surface area contributed by atoms with Crippen molar-refractivity contribution in [3.05, 3.63) is 36.0 Å². The topological polar surface area (TPSA) is 122 Å². The lowest BCUT2D eigenvalue weighted by Gasteiger charge is -2.05. The maximum Gasteiger partial charge on any atom is 0.303 e. The van der Waals surface area contributed by atoms with E-state index in [-0.39, 0.29) is 17.7 Å². The molecule has 0 aliphatic carbocycles. The zero-order chi connectivity index (χ0) is 15.7. The van der Waals surface area contributed by atoms with Gasteiger partial charge in [0.15, 0.2) is 0 Å². The summed E-state index contributed by atoms with van der Waals surface area (Å²) in [6, 6.07) is 7.58. The Morgan fingerprint density at radius 2 is 1.95 bits per heavy atom. The second-order valence-electron chi connectivity index (χ2n) is 4.12. The van der Waals surface area contributed by atoms with Crippen molar-refractivity contribution in [1.29, 1.82) is 5.26 Å². The molecule has 1 aromatic carbocycles. The standard InChI is InChI=1S/C14H15N3O4/c15-8-10(9-16-7-1-2-13(19)20)14(21)17-11-3-5-12(18)6-4-11/h3-6,9,16,18H,1-2,7H2,(H,17,21)(H,19,20)/b10-9-. The first-order valence-electron chi connectivity index (χ1n) is 6.18. The highest BCUT2D eigenvalue weighted by Gasteiger charge is 2.09. The third-order valence-corrected chi connectivity index (χ3v) is 2.45. The number of hydrogen-bond acceptors (Lipinski definition) is 5. The molecule has 0 aromatic heterocycles. The van der Waals surface area contributed by atoms with Crippen molar-refractivity contribution < 1.29 is 19.8 Å². The van der Waals surface area contributed by atoms with Gasteiger partial charge in [-0.3, -0.25) is 9.59 Å². The van der Waals surface area contributed by atoms with E-state index in [9.17, 15) is 9.59 Å². The number of rotatable bonds is 7. The number of carboxylic acids is 1. The maximum absolute atomic E-state index is 11.8. The molecule has 0 aliphatic rings. The first-order chi connectivity index (χ1) is 10.0. The van der Waals surface area contributed by atoms with Gasteiger partial charge in [0.05, 0.1) is 0 Å². The monoisotopic (exact) mass is 289 g/mol. The highest BCUT2D eigenvalue weighted by molar-refractivity contribution is 6.06. The Morgan fingerprint density at radius 3 is 2.52 bits per heavy atom. The van der Waals surface area contributed by atoms with Crippen LogP contribution in [0.15, 0.2) is 36.0 Å². The molecule has 1 amide bonds. The van der Waals surface area contributed by atoms with Gasteiger partial charge < -0.3 is 20.8 Å². The van der Waals surface area contributed by atoms with Crippen molar-refractivity contribution in [3.8, 4) is 11.8 Å².